The molecule has 0 saturated heterocycles. The zero-order chi connectivity index (χ0) is 12.8. The summed E-state index contributed by atoms with van der Waals surface area (Å²) < 4.78 is 0. The molecule has 0 amide bonds. The van der Waals surface area contributed by atoms with Gasteiger partial charge in [-0.1, -0.05) is 6.07 Å². The van der Waals surface area contributed by atoms with Gasteiger partial charge in [-0.15, -0.1) is 0 Å². The molecule has 0 radical (unpaired) electrons. The van der Waals surface area contributed by atoms with Crippen molar-refractivity contribution in [1.82, 2.24) is 4.98 Å². The number of pyridine rings is 1. The van der Waals surface area contributed by atoms with Crippen molar-refractivity contribution in [2.24, 2.45) is 5.10 Å². The van der Waals surface area contributed by atoms with E-state index in [2.05, 4.69) is 15.5 Å². The van der Waals surface area contributed by atoms with Crippen molar-refractivity contribution in [3.8, 4) is 0 Å². The molecule has 18 heavy (non-hydrogen) atoms. The van der Waals surface area contributed by atoms with Gasteiger partial charge >= 0.3 is 0 Å². The van der Waals surface area contributed by atoms with Gasteiger partial charge in [0.25, 0.3) is 5.69 Å². The first-order chi connectivity index (χ1) is 8.75. The molecular weight excluding hydrogens is 232 g/mol. The summed E-state index contributed by atoms with van der Waals surface area (Å²) >= 11 is 0. The number of hydrogen-bond acceptors (Lipinski definition) is 5. The number of hydrazone groups is 1. The molecule has 2 rings (SSSR count). The van der Waals surface area contributed by atoms with E-state index in [1.807, 2.05) is 0 Å². The van der Waals surface area contributed by atoms with Crippen LogP contribution in [0.25, 0.3) is 0 Å². The van der Waals surface area contributed by atoms with Crippen LogP contribution in [0.15, 0.2) is 53.9 Å². The Bertz CT molecular complexity index is 569. The first kappa shape index (κ1) is 11.7. The van der Waals surface area contributed by atoms with Crippen LogP contribution in [0, 0.1) is 10.1 Å². The molecule has 90 valence electrons. The lowest BCUT2D eigenvalue weighted by atomic mass is 10.3. The second-order valence-electron chi connectivity index (χ2n) is 3.46. The van der Waals surface area contributed by atoms with Crippen LogP contribution in [0.4, 0.5) is 11.4 Å². The third-order valence-corrected chi connectivity index (χ3v) is 2.17. The number of nitro benzene ring substituents is 1. The summed E-state index contributed by atoms with van der Waals surface area (Å²) in [4.78, 5) is 14.0. The van der Waals surface area contributed by atoms with Gasteiger partial charge in [-0.3, -0.25) is 20.5 Å². The Labute approximate surface area is 103 Å². The van der Waals surface area contributed by atoms with Gasteiger partial charge in [-0.25, -0.2) is 0 Å². The summed E-state index contributed by atoms with van der Waals surface area (Å²) in [5, 5.41) is 14.6. The Morgan fingerprint density at radius 1 is 1.28 bits per heavy atom. The van der Waals surface area contributed by atoms with Crippen LogP contribution in [0.1, 0.15) is 5.56 Å². The Morgan fingerprint density at radius 3 is 2.78 bits per heavy atom. The van der Waals surface area contributed by atoms with E-state index in [9.17, 15) is 10.1 Å². The normalized spacial score (nSPS) is 10.4. The third kappa shape index (κ3) is 3.11. The molecule has 0 saturated carbocycles. The first-order valence-corrected chi connectivity index (χ1v) is 5.19. The van der Waals surface area contributed by atoms with Crippen LogP contribution >= 0.6 is 0 Å². The van der Waals surface area contributed by atoms with Crippen molar-refractivity contribution in [3.63, 3.8) is 0 Å². The molecule has 1 aromatic heterocycles. The number of non-ortho nitro benzene ring substituents is 1. The van der Waals surface area contributed by atoms with Gasteiger partial charge < -0.3 is 0 Å². The van der Waals surface area contributed by atoms with Crippen molar-refractivity contribution in [2.75, 3.05) is 5.43 Å². The number of hydrogen-bond donors (Lipinski definition) is 1. The number of aromatic nitrogens is 1. The molecule has 1 aromatic carbocycles. The van der Waals surface area contributed by atoms with Gasteiger partial charge in [0.2, 0.25) is 0 Å². The van der Waals surface area contributed by atoms with E-state index in [-0.39, 0.29) is 5.69 Å². The van der Waals surface area contributed by atoms with E-state index in [1.54, 1.807) is 42.9 Å². The van der Waals surface area contributed by atoms with E-state index < -0.39 is 4.92 Å². The second kappa shape index (κ2) is 5.53. The average Bonchev–Trinajstić information content (AvgIpc) is 2.40. The summed E-state index contributed by atoms with van der Waals surface area (Å²) in [6.45, 7) is 0. The Morgan fingerprint density at radius 2 is 2.06 bits per heavy atom. The predicted octanol–water partition coefficient (Wildman–Crippen LogP) is 2.44. The summed E-state index contributed by atoms with van der Waals surface area (Å²) in [6.07, 6.45) is 4.93. The first-order valence-electron chi connectivity index (χ1n) is 5.19. The molecule has 1 N–H and O–H groups in total. The minimum atomic E-state index is -0.447. The number of anilines is 1. The second-order valence-corrected chi connectivity index (χ2v) is 3.46. The Kier molecular flexibility index (Phi) is 3.60. The highest BCUT2D eigenvalue weighted by Crippen LogP contribution is 2.16. The number of nitrogens with one attached hydrogen (secondary N) is 1. The third-order valence-electron chi connectivity index (χ3n) is 2.17. The molecule has 0 aliphatic heterocycles. The van der Waals surface area contributed by atoms with E-state index in [0.29, 0.717) is 5.69 Å². The zero-order valence-electron chi connectivity index (χ0n) is 9.35. The topological polar surface area (TPSA) is 80.4 Å². The van der Waals surface area contributed by atoms with E-state index in [0.717, 1.165) is 5.56 Å². The van der Waals surface area contributed by atoms with Crippen LogP contribution < -0.4 is 5.43 Å². The number of benzene rings is 1. The Balaban J connectivity index is 2.04. The zero-order valence-corrected chi connectivity index (χ0v) is 9.35. The fourth-order valence-electron chi connectivity index (χ4n) is 1.32. The quantitative estimate of drug-likeness (QED) is 0.507. The SMILES string of the molecule is O=[N+]([O-])c1cccc(NN=Cc2ccncc2)c1. The molecule has 0 unspecified atom stereocenters. The summed E-state index contributed by atoms with van der Waals surface area (Å²) in [6, 6.07) is 9.76. The molecule has 0 spiro atoms. The molecule has 0 aliphatic carbocycles. The fourth-order valence-corrected chi connectivity index (χ4v) is 1.32. The van der Waals surface area contributed by atoms with Gasteiger partial charge in [0.05, 0.1) is 16.8 Å². The highest BCUT2D eigenvalue weighted by atomic mass is 16.6. The molecule has 0 atom stereocenters. The molecule has 0 aliphatic rings. The largest absolute Gasteiger partial charge is 0.278 e. The summed E-state index contributed by atoms with van der Waals surface area (Å²) in [5.74, 6) is 0. The molecule has 0 fully saturated rings. The van der Waals surface area contributed by atoms with Gasteiger partial charge in [-0.05, 0) is 23.8 Å². The fraction of sp³-hybridized carbons (Fsp3) is 0. The van der Waals surface area contributed by atoms with Gasteiger partial charge in [-0.2, -0.15) is 5.10 Å². The lowest BCUT2D eigenvalue weighted by Gasteiger charge is -1.99. The van der Waals surface area contributed by atoms with Crippen LogP contribution in [-0.4, -0.2) is 16.1 Å². The monoisotopic (exact) mass is 242 g/mol. The number of rotatable bonds is 4. The molecule has 0 bridgehead atoms. The summed E-state index contributed by atoms with van der Waals surface area (Å²) in [7, 11) is 0. The lowest BCUT2D eigenvalue weighted by molar-refractivity contribution is -0.384. The summed E-state index contributed by atoms with van der Waals surface area (Å²) in [5.41, 5.74) is 4.22. The van der Waals surface area contributed by atoms with Gasteiger partial charge in [0.15, 0.2) is 0 Å². The highest BCUT2D eigenvalue weighted by molar-refractivity contribution is 5.79. The van der Waals surface area contributed by atoms with Crippen LogP contribution in [-0.2, 0) is 0 Å². The van der Waals surface area contributed by atoms with E-state index in [4.69, 9.17) is 0 Å². The molecule has 6 nitrogen and oxygen atoms in total. The van der Waals surface area contributed by atoms with Crippen molar-refractivity contribution in [2.45, 2.75) is 0 Å². The number of nitrogens with zero attached hydrogens (tertiary/aromatic N) is 3. The molecule has 1 heterocycles. The lowest BCUT2D eigenvalue weighted by Crippen LogP contribution is -1.93. The van der Waals surface area contributed by atoms with Gasteiger partial charge in [0, 0.05) is 24.5 Å². The maximum absolute atomic E-state index is 10.6. The molecule has 2 aromatic rings. The molecule has 6 heteroatoms. The minimum absolute atomic E-state index is 0.0270. The number of nitro groups is 1. The standard InChI is InChI=1S/C12H10N4O2/c17-16(18)12-3-1-2-11(8-12)15-14-9-10-4-6-13-7-5-10/h1-9,15H. The maximum Gasteiger partial charge on any atom is 0.271 e. The van der Waals surface area contributed by atoms with Crippen molar-refractivity contribution in [3.05, 3.63) is 64.5 Å². The maximum atomic E-state index is 10.6. The Hall–Kier alpha value is -2.76. The van der Waals surface area contributed by atoms with Crippen molar-refractivity contribution >= 4 is 17.6 Å². The van der Waals surface area contributed by atoms with E-state index in [1.165, 1.54) is 12.1 Å². The van der Waals surface area contributed by atoms with Crippen LogP contribution in [0.3, 0.4) is 0 Å². The van der Waals surface area contributed by atoms with Crippen LogP contribution in [0.2, 0.25) is 0 Å². The van der Waals surface area contributed by atoms with Crippen molar-refractivity contribution < 1.29 is 4.92 Å². The van der Waals surface area contributed by atoms with Crippen LogP contribution in [0.5, 0.6) is 0 Å². The molecular formula is C12H10N4O2. The highest BCUT2D eigenvalue weighted by Gasteiger charge is 2.04. The smallest absolute Gasteiger partial charge is 0.271 e. The van der Waals surface area contributed by atoms with E-state index >= 15 is 0 Å². The predicted molar refractivity (Wildman–Crippen MR) is 68.6 cm³/mol. The minimum Gasteiger partial charge on any atom is -0.278 e. The van der Waals surface area contributed by atoms with Gasteiger partial charge in [0.1, 0.15) is 0 Å². The van der Waals surface area contributed by atoms with Crippen molar-refractivity contribution in [1.29, 1.82) is 0 Å². The average molecular weight is 242 g/mol.